The van der Waals surface area contributed by atoms with Crippen molar-refractivity contribution in [3.05, 3.63) is 71.8 Å². The van der Waals surface area contributed by atoms with Crippen LogP contribution in [0, 0.1) is 0 Å². The molecule has 0 aliphatic rings. The van der Waals surface area contributed by atoms with Gasteiger partial charge < -0.3 is 0 Å². The molecule has 0 saturated heterocycles. The maximum atomic E-state index is 15.7. The van der Waals surface area contributed by atoms with E-state index in [-0.39, 0.29) is 18.4 Å². The fourth-order valence-electron chi connectivity index (χ4n) is 9.24. The maximum absolute atomic E-state index is 15.7. The van der Waals surface area contributed by atoms with E-state index in [1.54, 1.807) is 0 Å². The predicted octanol–water partition coefficient (Wildman–Crippen LogP) is 14.9. The molecule has 0 heterocycles. The summed E-state index contributed by atoms with van der Waals surface area (Å²) in [7, 11) is 0. The standard InChI is InChI=1S/C50H89NO4P2/c1-9-17-35-56(36-18-10-2,37-19-11-3,38-20-12-4)54-49(52)43-48(51(44-46-31-27-25-28-32-46)45-47-33-29-26-30-34-47)50(53)55-57(39-21-13-5,40-22-14-6,41-23-15-7)42-24-16-8/h25-34,48H,9-24,35-45H2,1-8H3/t48-/m0/s1. The summed E-state index contributed by atoms with van der Waals surface area (Å²) in [6, 6.07) is 20.2. The first-order chi connectivity index (χ1) is 27.5. The molecule has 0 aliphatic carbocycles. The summed E-state index contributed by atoms with van der Waals surface area (Å²) in [5.74, 6) is -0.356. The van der Waals surface area contributed by atoms with E-state index in [4.69, 9.17) is 9.05 Å². The topological polar surface area (TPSA) is 55.8 Å². The van der Waals surface area contributed by atoms with Gasteiger partial charge in [-0.2, -0.15) is 0 Å². The molecule has 5 nitrogen and oxygen atoms in total. The molecule has 7 heteroatoms. The molecule has 0 amide bonds. The summed E-state index contributed by atoms with van der Waals surface area (Å²) >= 11 is 0. The molecule has 0 aromatic heterocycles. The van der Waals surface area contributed by atoms with E-state index in [2.05, 4.69) is 109 Å². The minimum atomic E-state index is -3.01. The number of benzene rings is 2. The summed E-state index contributed by atoms with van der Waals surface area (Å²) in [5.41, 5.74) is 2.25. The zero-order valence-corrected chi connectivity index (χ0v) is 40.2. The molecule has 2 aromatic carbocycles. The zero-order chi connectivity index (χ0) is 41.9. The fraction of sp³-hybridized carbons (Fsp3) is 0.720. The summed E-state index contributed by atoms with van der Waals surface area (Å²) in [5, 5.41) is 0. The number of carbonyl (C=O) groups is 2. The van der Waals surface area contributed by atoms with Crippen LogP contribution >= 0.6 is 13.7 Å². The van der Waals surface area contributed by atoms with Crippen LogP contribution in [-0.4, -0.2) is 72.2 Å². The first-order valence-electron chi connectivity index (χ1n) is 23.8. The molecule has 57 heavy (non-hydrogen) atoms. The van der Waals surface area contributed by atoms with E-state index in [9.17, 15) is 0 Å². The second-order valence-corrected chi connectivity index (χ2v) is 29.2. The van der Waals surface area contributed by atoms with E-state index in [1.165, 1.54) is 0 Å². The van der Waals surface area contributed by atoms with Crippen LogP contribution in [0.15, 0.2) is 60.7 Å². The Kier molecular flexibility index (Phi) is 24.4. The van der Waals surface area contributed by atoms with Gasteiger partial charge in [0.1, 0.15) is 0 Å². The van der Waals surface area contributed by atoms with Gasteiger partial charge in [-0.3, -0.25) is 0 Å². The molecule has 0 saturated carbocycles. The van der Waals surface area contributed by atoms with Gasteiger partial charge in [-0.15, -0.1) is 0 Å². The minimum absolute atomic E-state index is 0.0303. The van der Waals surface area contributed by atoms with Crippen LogP contribution in [-0.2, 0) is 31.7 Å². The van der Waals surface area contributed by atoms with Crippen molar-refractivity contribution in [1.29, 1.82) is 0 Å². The van der Waals surface area contributed by atoms with Gasteiger partial charge in [0.15, 0.2) is 0 Å². The van der Waals surface area contributed by atoms with Gasteiger partial charge in [-0.25, -0.2) is 0 Å². The average Bonchev–Trinajstić information content (AvgIpc) is 3.23. The molecular weight excluding hydrogens is 741 g/mol. The summed E-state index contributed by atoms with van der Waals surface area (Å²) in [4.78, 5) is 33.1. The number of unbranched alkanes of at least 4 members (excludes halogenated alkanes) is 8. The van der Waals surface area contributed by atoms with Crippen molar-refractivity contribution in [1.82, 2.24) is 4.90 Å². The zero-order valence-electron chi connectivity index (χ0n) is 38.4. The number of hydrogen-bond acceptors (Lipinski definition) is 5. The first kappa shape index (κ1) is 51.3. The van der Waals surface area contributed by atoms with Crippen molar-refractivity contribution < 1.29 is 18.6 Å². The third kappa shape index (κ3) is 16.6. The SMILES string of the molecule is CCCCP(CCCC)(CCCC)(CCCC)OC(=O)C[C@@H](C(=O)OP(CCCC)(CCCC)(CCCC)CCCC)N(Cc1ccccc1)Cc1ccccc1. The fourth-order valence-corrected chi connectivity index (χ4v) is 22.9. The molecule has 0 unspecified atom stereocenters. The van der Waals surface area contributed by atoms with Gasteiger partial charge in [0.05, 0.1) is 0 Å². The van der Waals surface area contributed by atoms with E-state index >= 15 is 9.59 Å². The molecule has 0 spiro atoms. The normalized spacial score (nSPS) is 14.1. The Bertz CT molecular complexity index is 1240. The molecule has 328 valence electrons. The Morgan fingerprint density at radius 2 is 0.737 bits per heavy atom. The Morgan fingerprint density at radius 3 is 1.02 bits per heavy atom. The Morgan fingerprint density at radius 1 is 0.456 bits per heavy atom. The van der Waals surface area contributed by atoms with Gasteiger partial charge in [0.25, 0.3) is 0 Å². The quantitative estimate of drug-likeness (QED) is 0.0658. The van der Waals surface area contributed by atoms with Crippen molar-refractivity contribution in [2.45, 2.75) is 184 Å². The van der Waals surface area contributed by atoms with Gasteiger partial charge in [-0.1, -0.05) is 0 Å². The third-order valence-electron chi connectivity index (χ3n) is 12.9. The molecule has 0 N–H and O–H groups in total. The van der Waals surface area contributed by atoms with Gasteiger partial charge in [-0.05, 0) is 0 Å². The van der Waals surface area contributed by atoms with E-state index in [0.717, 1.165) is 163 Å². The molecule has 0 fully saturated rings. The van der Waals surface area contributed by atoms with Crippen LogP contribution in [0.4, 0.5) is 0 Å². The Balaban J connectivity index is 2.88. The predicted molar refractivity (Wildman–Crippen MR) is 255 cm³/mol. The van der Waals surface area contributed by atoms with Crippen molar-refractivity contribution >= 4 is 25.6 Å². The Hall–Kier alpha value is -1.80. The van der Waals surface area contributed by atoms with Gasteiger partial charge in [0, 0.05) is 0 Å². The van der Waals surface area contributed by atoms with Crippen molar-refractivity contribution in [3.8, 4) is 0 Å². The molecule has 1 atom stereocenters. The van der Waals surface area contributed by atoms with E-state index in [0.29, 0.717) is 13.1 Å². The van der Waals surface area contributed by atoms with Crippen molar-refractivity contribution in [2.75, 3.05) is 49.3 Å². The Labute approximate surface area is 352 Å². The number of rotatable bonds is 34. The van der Waals surface area contributed by atoms with Crippen LogP contribution < -0.4 is 0 Å². The molecule has 0 bridgehead atoms. The molecule has 0 aliphatic heterocycles. The summed E-state index contributed by atoms with van der Waals surface area (Å²) in [6.45, 7) is 13.3. The summed E-state index contributed by atoms with van der Waals surface area (Å²) in [6.07, 6.45) is 25.4. The molecule has 2 aromatic rings. The van der Waals surface area contributed by atoms with E-state index < -0.39 is 19.7 Å². The number of hydrogen-bond donors (Lipinski definition) is 0. The van der Waals surface area contributed by atoms with Crippen LogP contribution in [0.5, 0.6) is 0 Å². The van der Waals surface area contributed by atoms with Crippen molar-refractivity contribution in [3.63, 3.8) is 0 Å². The number of carbonyl (C=O) groups excluding carboxylic acids is 2. The summed E-state index contributed by atoms with van der Waals surface area (Å²) < 4.78 is 14.9. The van der Waals surface area contributed by atoms with Gasteiger partial charge in [0.2, 0.25) is 0 Å². The third-order valence-corrected chi connectivity index (χ3v) is 25.9. The average molecular weight is 830 g/mol. The molecular formula is C50H89NO4P2. The van der Waals surface area contributed by atoms with Crippen LogP contribution in [0.25, 0.3) is 0 Å². The van der Waals surface area contributed by atoms with Crippen LogP contribution in [0.2, 0.25) is 0 Å². The van der Waals surface area contributed by atoms with Crippen LogP contribution in [0.3, 0.4) is 0 Å². The van der Waals surface area contributed by atoms with Crippen molar-refractivity contribution in [2.24, 2.45) is 0 Å². The second kappa shape index (κ2) is 27.1. The van der Waals surface area contributed by atoms with E-state index in [1.807, 2.05) is 12.1 Å². The van der Waals surface area contributed by atoms with Crippen LogP contribution in [0.1, 0.15) is 176 Å². The first-order valence-corrected chi connectivity index (χ1v) is 29.6. The molecule has 2 rings (SSSR count). The molecule has 0 radical (unpaired) electrons. The second-order valence-electron chi connectivity index (χ2n) is 17.8. The number of nitrogens with zero attached hydrogens (tertiary/aromatic N) is 1. The monoisotopic (exact) mass is 830 g/mol. The van der Waals surface area contributed by atoms with Gasteiger partial charge >= 0.3 is 354 Å².